The molecular weight excluding hydrogens is 388 g/mol. The van der Waals surface area contributed by atoms with Crippen molar-refractivity contribution in [3.8, 4) is 5.75 Å². The number of hydrogen-bond donors (Lipinski definition) is 0. The Morgan fingerprint density at radius 3 is 2.41 bits per heavy atom. The second kappa shape index (κ2) is 9.84. The van der Waals surface area contributed by atoms with Crippen LogP contribution < -0.4 is 9.64 Å². The van der Waals surface area contributed by atoms with Crippen molar-refractivity contribution in [1.82, 2.24) is 4.98 Å². The molecule has 0 radical (unpaired) electrons. The van der Waals surface area contributed by atoms with Gasteiger partial charge in [0.05, 0.1) is 16.3 Å². The molecule has 0 aliphatic carbocycles. The molecule has 0 N–H and O–H groups in total. The van der Waals surface area contributed by atoms with Crippen molar-refractivity contribution in [2.24, 2.45) is 0 Å². The number of benzene rings is 2. The van der Waals surface area contributed by atoms with Crippen molar-refractivity contribution < 1.29 is 19.1 Å². The van der Waals surface area contributed by atoms with Crippen LogP contribution in [0.2, 0.25) is 0 Å². The van der Waals surface area contributed by atoms with Crippen LogP contribution in [-0.2, 0) is 16.1 Å². The van der Waals surface area contributed by atoms with Crippen LogP contribution in [0, 0.1) is 6.92 Å². The van der Waals surface area contributed by atoms with Crippen molar-refractivity contribution in [3.63, 3.8) is 0 Å². The highest BCUT2D eigenvalue weighted by Gasteiger charge is 2.16. The van der Waals surface area contributed by atoms with Gasteiger partial charge in [-0.1, -0.05) is 18.2 Å². The molecule has 1 aromatic heterocycles. The van der Waals surface area contributed by atoms with E-state index in [-0.39, 0.29) is 12.5 Å². The number of likely N-dealkylation sites (N-methyl/N-ethyl adjacent to an activating group) is 1. The number of thiazole rings is 1. The summed E-state index contributed by atoms with van der Waals surface area (Å²) >= 11 is 1.57. The Balaban J connectivity index is 1.51. The Bertz CT molecular complexity index is 954. The Kier molecular flexibility index (Phi) is 6.97. The number of esters is 1. The third-order valence-electron chi connectivity index (χ3n) is 4.16. The van der Waals surface area contributed by atoms with Gasteiger partial charge in [0.2, 0.25) is 0 Å². The molecule has 0 fully saturated rings. The number of anilines is 1. The SMILES string of the molecule is CCN(C(=O)COC(=O)c1ccc(OCc2csc(C)n2)cc1)c1ccccc1. The number of nitrogens with zero attached hydrogens (tertiary/aromatic N) is 2. The molecule has 0 aliphatic rings. The van der Waals surface area contributed by atoms with Gasteiger partial charge < -0.3 is 14.4 Å². The van der Waals surface area contributed by atoms with Crippen molar-refractivity contribution in [2.75, 3.05) is 18.1 Å². The summed E-state index contributed by atoms with van der Waals surface area (Å²) in [4.78, 5) is 30.6. The number of amides is 1. The summed E-state index contributed by atoms with van der Waals surface area (Å²) in [5.74, 6) is -0.195. The lowest BCUT2D eigenvalue weighted by Gasteiger charge is -2.20. The predicted molar refractivity (Wildman–Crippen MR) is 112 cm³/mol. The third-order valence-corrected chi connectivity index (χ3v) is 4.98. The molecule has 0 saturated carbocycles. The summed E-state index contributed by atoms with van der Waals surface area (Å²) in [6.07, 6.45) is 0. The van der Waals surface area contributed by atoms with Gasteiger partial charge in [-0.15, -0.1) is 11.3 Å². The summed E-state index contributed by atoms with van der Waals surface area (Å²) in [7, 11) is 0. The maximum Gasteiger partial charge on any atom is 0.338 e. The van der Waals surface area contributed by atoms with E-state index in [9.17, 15) is 9.59 Å². The van der Waals surface area contributed by atoms with E-state index in [1.54, 1.807) is 40.5 Å². The summed E-state index contributed by atoms with van der Waals surface area (Å²) in [5, 5.41) is 2.94. The Labute approximate surface area is 173 Å². The summed E-state index contributed by atoms with van der Waals surface area (Å²) in [6.45, 7) is 4.36. The molecule has 0 aliphatic heterocycles. The number of ether oxygens (including phenoxy) is 2. The quantitative estimate of drug-likeness (QED) is 0.520. The van der Waals surface area contributed by atoms with Crippen LogP contribution in [0.3, 0.4) is 0 Å². The van der Waals surface area contributed by atoms with Gasteiger partial charge in [0.25, 0.3) is 5.91 Å². The standard InChI is InChI=1S/C22H22N2O4S/c1-3-24(19-7-5-4-6-8-19)21(25)14-28-22(26)17-9-11-20(12-10-17)27-13-18-15-29-16(2)23-18/h4-12,15H,3,13-14H2,1-2H3. The van der Waals surface area contributed by atoms with Crippen LogP contribution in [0.15, 0.2) is 60.0 Å². The lowest BCUT2D eigenvalue weighted by atomic mass is 10.2. The molecule has 1 amide bonds. The number of carbonyl (C=O) groups excluding carboxylic acids is 2. The van der Waals surface area contributed by atoms with Crippen LogP contribution in [0.5, 0.6) is 5.75 Å². The van der Waals surface area contributed by atoms with Crippen molar-refractivity contribution >= 4 is 28.9 Å². The number of hydrogen-bond acceptors (Lipinski definition) is 6. The van der Waals surface area contributed by atoms with E-state index in [2.05, 4.69) is 4.98 Å². The lowest BCUT2D eigenvalue weighted by molar-refractivity contribution is -0.121. The van der Waals surface area contributed by atoms with E-state index in [0.29, 0.717) is 24.5 Å². The van der Waals surface area contributed by atoms with E-state index >= 15 is 0 Å². The lowest BCUT2D eigenvalue weighted by Crippen LogP contribution is -2.34. The molecule has 0 unspecified atom stereocenters. The van der Waals surface area contributed by atoms with E-state index in [1.165, 1.54) is 0 Å². The monoisotopic (exact) mass is 410 g/mol. The van der Waals surface area contributed by atoms with Crippen LogP contribution in [0.4, 0.5) is 5.69 Å². The van der Waals surface area contributed by atoms with E-state index < -0.39 is 5.97 Å². The smallest absolute Gasteiger partial charge is 0.338 e. The predicted octanol–water partition coefficient (Wildman–Crippen LogP) is 4.24. The molecule has 0 spiro atoms. The fraction of sp³-hybridized carbons (Fsp3) is 0.227. The average molecular weight is 410 g/mol. The van der Waals surface area contributed by atoms with E-state index in [1.807, 2.05) is 49.6 Å². The molecule has 29 heavy (non-hydrogen) atoms. The molecule has 6 nitrogen and oxygen atoms in total. The van der Waals surface area contributed by atoms with E-state index in [0.717, 1.165) is 16.4 Å². The van der Waals surface area contributed by atoms with Gasteiger partial charge in [-0.2, -0.15) is 0 Å². The van der Waals surface area contributed by atoms with Gasteiger partial charge in [-0.3, -0.25) is 4.79 Å². The van der Waals surface area contributed by atoms with Crippen LogP contribution in [-0.4, -0.2) is 30.0 Å². The molecule has 0 saturated heterocycles. The minimum atomic E-state index is -0.552. The third kappa shape index (κ3) is 5.65. The van der Waals surface area contributed by atoms with Gasteiger partial charge >= 0.3 is 5.97 Å². The zero-order valence-corrected chi connectivity index (χ0v) is 17.1. The maximum absolute atomic E-state index is 12.4. The van der Waals surface area contributed by atoms with Crippen molar-refractivity contribution in [2.45, 2.75) is 20.5 Å². The largest absolute Gasteiger partial charge is 0.487 e. The minimum absolute atomic E-state index is 0.273. The number of aryl methyl sites for hydroxylation is 1. The number of rotatable bonds is 8. The van der Waals surface area contributed by atoms with Gasteiger partial charge in [-0.25, -0.2) is 9.78 Å². The van der Waals surface area contributed by atoms with Gasteiger partial charge in [0.1, 0.15) is 12.4 Å². The maximum atomic E-state index is 12.4. The molecule has 2 aromatic carbocycles. The second-order valence-electron chi connectivity index (χ2n) is 6.22. The van der Waals surface area contributed by atoms with Gasteiger partial charge in [0.15, 0.2) is 6.61 Å². The molecule has 3 rings (SSSR count). The Morgan fingerprint density at radius 2 is 1.79 bits per heavy atom. The molecule has 150 valence electrons. The topological polar surface area (TPSA) is 68.7 Å². The summed E-state index contributed by atoms with van der Waals surface area (Å²) < 4.78 is 10.9. The first-order valence-corrected chi connectivity index (χ1v) is 10.1. The Morgan fingerprint density at radius 1 is 1.07 bits per heavy atom. The minimum Gasteiger partial charge on any atom is -0.487 e. The van der Waals surface area contributed by atoms with Gasteiger partial charge in [-0.05, 0) is 50.2 Å². The van der Waals surface area contributed by atoms with Crippen molar-refractivity contribution in [1.29, 1.82) is 0 Å². The zero-order chi connectivity index (χ0) is 20.6. The molecule has 1 heterocycles. The van der Waals surface area contributed by atoms with Crippen LogP contribution in [0.25, 0.3) is 0 Å². The van der Waals surface area contributed by atoms with Crippen molar-refractivity contribution in [3.05, 3.63) is 76.2 Å². The first kappa shape index (κ1) is 20.5. The fourth-order valence-electron chi connectivity index (χ4n) is 2.72. The molecule has 3 aromatic rings. The van der Waals surface area contributed by atoms with Gasteiger partial charge in [0, 0.05) is 17.6 Å². The molecule has 0 atom stereocenters. The highest BCUT2D eigenvalue weighted by atomic mass is 32.1. The second-order valence-corrected chi connectivity index (χ2v) is 7.28. The highest BCUT2D eigenvalue weighted by Crippen LogP contribution is 2.17. The normalized spacial score (nSPS) is 10.4. The van der Waals surface area contributed by atoms with Crippen LogP contribution >= 0.6 is 11.3 Å². The first-order valence-electron chi connectivity index (χ1n) is 9.23. The number of carbonyl (C=O) groups is 2. The summed E-state index contributed by atoms with van der Waals surface area (Å²) in [6, 6.07) is 15.9. The first-order chi connectivity index (χ1) is 14.1. The zero-order valence-electron chi connectivity index (χ0n) is 16.3. The van der Waals surface area contributed by atoms with Crippen LogP contribution in [0.1, 0.15) is 28.0 Å². The molecule has 0 bridgehead atoms. The fourth-order valence-corrected chi connectivity index (χ4v) is 3.32. The average Bonchev–Trinajstić information content (AvgIpc) is 3.17. The Hall–Kier alpha value is -3.19. The summed E-state index contributed by atoms with van der Waals surface area (Å²) in [5.41, 5.74) is 2.00. The van der Waals surface area contributed by atoms with E-state index in [4.69, 9.17) is 9.47 Å². The molecule has 7 heteroatoms. The number of aromatic nitrogens is 1. The number of para-hydroxylation sites is 1. The highest BCUT2D eigenvalue weighted by molar-refractivity contribution is 7.09. The molecular formula is C22H22N2O4S.